The summed E-state index contributed by atoms with van der Waals surface area (Å²) in [6.07, 6.45) is 0. The maximum atomic E-state index is 9.16. The van der Waals surface area contributed by atoms with Gasteiger partial charge in [0.15, 0.2) is 0 Å². The topological polar surface area (TPSA) is 100 Å². The summed E-state index contributed by atoms with van der Waals surface area (Å²) in [7, 11) is 4.81. The summed E-state index contributed by atoms with van der Waals surface area (Å²) in [5.41, 5.74) is 0. The van der Waals surface area contributed by atoms with Crippen molar-refractivity contribution >= 4 is 41.4 Å². The molecule has 0 aromatic carbocycles. The van der Waals surface area contributed by atoms with E-state index in [1.54, 1.807) is 4.70 Å². The monoisotopic (exact) mass is 252 g/mol. The van der Waals surface area contributed by atoms with E-state index in [4.69, 9.17) is 13.3 Å². The maximum absolute atomic E-state index is 9.16. The van der Waals surface area contributed by atoms with Crippen LogP contribution in [0.25, 0.3) is 0 Å². The lowest BCUT2D eigenvalue weighted by molar-refractivity contribution is -0.00000425. The molecule has 0 aliphatic heterocycles. The molecule has 0 aromatic rings. The Bertz CT molecular complexity index is 133. The molecule has 0 aliphatic rings. The van der Waals surface area contributed by atoms with Crippen molar-refractivity contribution in [2.24, 2.45) is 4.70 Å². The van der Waals surface area contributed by atoms with Gasteiger partial charge in [0.05, 0.1) is 11.8 Å². The molecule has 0 aromatic heterocycles. The van der Waals surface area contributed by atoms with Crippen molar-refractivity contribution in [1.29, 1.82) is 0 Å². The van der Waals surface area contributed by atoms with Crippen molar-refractivity contribution in [3.8, 4) is 0 Å². The number of halogens is 4. The lowest BCUT2D eigenvalue weighted by Crippen LogP contribution is -3.00. The highest BCUT2D eigenvalue weighted by atomic mass is 36.0. The third kappa shape index (κ3) is 1140. The summed E-state index contributed by atoms with van der Waals surface area (Å²) in [6, 6.07) is 0. The van der Waals surface area contributed by atoms with E-state index in [0.29, 0.717) is 0 Å². The molecule has 0 bridgehead atoms. The Morgan fingerprint density at radius 3 is 1.20 bits per heavy atom. The van der Waals surface area contributed by atoms with Crippen LogP contribution in [0.5, 0.6) is 0 Å². The van der Waals surface area contributed by atoms with Gasteiger partial charge in [-0.2, -0.15) is 8.42 Å². The molecule has 0 fully saturated rings. The van der Waals surface area contributed by atoms with Crippen LogP contribution in [0.4, 0.5) is 0 Å². The van der Waals surface area contributed by atoms with Crippen LogP contribution in [0.1, 0.15) is 0 Å². The van der Waals surface area contributed by atoms with Crippen molar-refractivity contribution in [3.63, 3.8) is 0 Å². The van der Waals surface area contributed by atoms with Crippen molar-refractivity contribution in [2.75, 3.05) is 0 Å². The van der Waals surface area contributed by atoms with Gasteiger partial charge in [-0.15, -0.1) is 4.91 Å². The zero-order chi connectivity index (χ0) is 7.21. The van der Waals surface area contributed by atoms with Crippen LogP contribution in [0.3, 0.4) is 0 Å². The highest BCUT2D eigenvalue weighted by Crippen LogP contribution is 1.98. The van der Waals surface area contributed by atoms with E-state index in [1.807, 2.05) is 0 Å². The number of nitrogens with zero attached hydrogens (tertiary/aromatic N) is 1. The highest BCUT2D eigenvalue weighted by Gasteiger charge is 1.88. The van der Waals surface area contributed by atoms with Gasteiger partial charge in [-0.3, -0.25) is 0 Å². The second-order valence-corrected chi connectivity index (χ2v) is 4.25. The fourth-order valence-electron chi connectivity index (χ4n) is 0. The summed E-state index contributed by atoms with van der Waals surface area (Å²) in [5.74, 6) is 0. The van der Waals surface area contributed by atoms with E-state index < -0.39 is 8.26 Å². The molecule has 0 atom stereocenters. The molecule has 0 radical (unpaired) electrons. The standard InChI is InChI=1S/Cl2O2S.ClNO.ClH.H3N/c1-5(2,3)4;1-2-3;;/h;;1H;1H3. The van der Waals surface area contributed by atoms with Crippen LogP contribution in [-0.4, -0.2) is 8.42 Å². The lowest BCUT2D eigenvalue weighted by Gasteiger charge is -1.61. The molecular weight excluding hydrogens is 250 g/mol. The van der Waals surface area contributed by atoms with Crippen LogP contribution in [0.15, 0.2) is 4.70 Å². The first-order valence-corrected chi connectivity index (χ1v) is 4.47. The van der Waals surface area contributed by atoms with Gasteiger partial charge in [-0.25, -0.2) is 0 Å². The average molecular weight is 254 g/mol. The molecule has 0 spiro atoms. The third-order valence-corrected chi connectivity index (χ3v) is 0. The van der Waals surface area contributed by atoms with Gasteiger partial charge in [-0.1, -0.05) is 0 Å². The summed E-state index contributed by atoms with van der Waals surface area (Å²) >= 11 is 4.07. The Balaban J connectivity index is -0.0000000326. The van der Waals surface area contributed by atoms with Crippen molar-refractivity contribution < 1.29 is 20.8 Å². The Hall–Kier alpha value is 0.670. The van der Waals surface area contributed by atoms with Gasteiger partial charge in [0, 0.05) is 26.1 Å². The summed E-state index contributed by atoms with van der Waals surface area (Å²) in [4.78, 5) is 8.32. The smallest absolute Gasteiger partial charge is 0.317 e. The first-order valence-electron chi connectivity index (χ1n) is 0.994. The van der Waals surface area contributed by atoms with E-state index in [2.05, 4.69) is 33.1 Å². The zero-order valence-electron chi connectivity index (χ0n) is 4.59. The minimum absolute atomic E-state index is 0. The maximum Gasteiger partial charge on any atom is 0.317 e. The van der Waals surface area contributed by atoms with Gasteiger partial charge in [-0.05, 0) is 0 Å². The molecule has 66 valence electrons. The van der Waals surface area contributed by atoms with Gasteiger partial charge >= 0.3 is 8.26 Å². The van der Waals surface area contributed by atoms with Crippen molar-refractivity contribution in [3.05, 3.63) is 4.91 Å². The minimum Gasteiger partial charge on any atom is -1.00 e. The Morgan fingerprint density at radius 2 is 1.20 bits per heavy atom. The molecule has 4 N–H and O–H groups in total. The Kier molecular flexibility index (Phi) is 27.7. The molecule has 0 aliphatic carbocycles. The molecular formula is H4Cl4N2O3S. The number of hydrogen-bond donors (Lipinski definition) is 1. The normalized spacial score (nSPS) is 7.10. The predicted molar refractivity (Wildman–Crippen MR) is 38.3 cm³/mol. The highest BCUT2D eigenvalue weighted by molar-refractivity contribution is 8.31. The molecule has 0 rings (SSSR count). The quantitative estimate of drug-likeness (QED) is 0.443. The van der Waals surface area contributed by atoms with Crippen molar-refractivity contribution in [1.82, 2.24) is 6.15 Å². The number of nitroso groups, excluding NO2 is 1. The van der Waals surface area contributed by atoms with Gasteiger partial charge in [0.25, 0.3) is 0 Å². The molecule has 0 amide bonds. The first kappa shape index (κ1) is 22.4. The van der Waals surface area contributed by atoms with E-state index >= 15 is 0 Å². The average Bonchev–Trinajstić information content (AvgIpc) is 1.27. The van der Waals surface area contributed by atoms with E-state index in [1.165, 1.54) is 0 Å². The van der Waals surface area contributed by atoms with Crippen LogP contribution in [0, 0.1) is 4.91 Å². The van der Waals surface area contributed by atoms with Gasteiger partial charge < -0.3 is 18.6 Å². The first-order chi connectivity index (χ1) is 3.41. The van der Waals surface area contributed by atoms with E-state index in [-0.39, 0.29) is 18.6 Å². The number of quaternary nitrogens is 1. The second-order valence-electron chi connectivity index (χ2n) is 0.447. The number of rotatable bonds is 0. The fourth-order valence-corrected chi connectivity index (χ4v) is 0. The van der Waals surface area contributed by atoms with Crippen LogP contribution in [-0.2, 0) is 8.26 Å². The summed E-state index contributed by atoms with van der Waals surface area (Å²) in [6.45, 7) is 0. The minimum atomic E-state index is -3.72. The Morgan fingerprint density at radius 1 is 1.20 bits per heavy atom. The SMILES string of the molecule is O=NCl.O=S(=O)(Cl)Cl.[Cl-].[NH4+]. The van der Waals surface area contributed by atoms with E-state index in [9.17, 15) is 0 Å². The van der Waals surface area contributed by atoms with Gasteiger partial charge in [0.1, 0.15) is 0 Å². The van der Waals surface area contributed by atoms with Crippen LogP contribution >= 0.6 is 33.1 Å². The van der Waals surface area contributed by atoms with Gasteiger partial charge in [0.2, 0.25) is 0 Å². The predicted octanol–water partition coefficient (Wildman–Crippen LogP) is -1.00. The number of hydrogen-bond acceptors (Lipinski definition) is 4. The van der Waals surface area contributed by atoms with Crippen molar-refractivity contribution in [2.45, 2.75) is 0 Å². The molecule has 5 nitrogen and oxygen atoms in total. The largest absolute Gasteiger partial charge is 1.00 e. The molecule has 0 unspecified atom stereocenters. The zero-order valence-corrected chi connectivity index (χ0v) is 8.43. The summed E-state index contributed by atoms with van der Waals surface area (Å²) in [5, 5.41) is 0. The molecule has 0 saturated carbocycles. The Labute approximate surface area is 78.0 Å². The molecule has 0 saturated heterocycles. The molecule has 10 heteroatoms. The van der Waals surface area contributed by atoms with E-state index in [0.717, 1.165) is 0 Å². The second kappa shape index (κ2) is 12.4. The molecule has 0 heterocycles. The van der Waals surface area contributed by atoms with Crippen LogP contribution < -0.4 is 18.6 Å². The lowest BCUT2D eigenvalue weighted by atomic mass is 13.7. The third-order valence-electron chi connectivity index (χ3n) is 0. The molecule has 10 heavy (non-hydrogen) atoms. The fraction of sp³-hybridized carbons (Fsp3) is 0. The summed E-state index contributed by atoms with van der Waals surface area (Å²) < 4.78 is 20.0. The van der Waals surface area contributed by atoms with Crippen LogP contribution in [0.2, 0.25) is 0 Å².